The maximum Gasteiger partial charge on any atom is 0.264 e. The lowest BCUT2D eigenvalue weighted by atomic mass is 9.83. The van der Waals surface area contributed by atoms with Crippen LogP contribution in [0, 0.1) is 5.92 Å². The van der Waals surface area contributed by atoms with Gasteiger partial charge in [-0.3, -0.25) is 24.1 Å². The van der Waals surface area contributed by atoms with E-state index in [-0.39, 0.29) is 41.5 Å². The zero-order valence-electron chi connectivity index (χ0n) is 23.6. The van der Waals surface area contributed by atoms with Crippen molar-refractivity contribution >= 4 is 23.4 Å². The molecular weight excluding hydrogens is 536 g/mol. The summed E-state index contributed by atoms with van der Waals surface area (Å²) in [6.45, 7) is 2.16. The molecule has 0 N–H and O–H groups in total. The Morgan fingerprint density at radius 1 is 0.905 bits per heavy atom. The van der Waals surface area contributed by atoms with Crippen molar-refractivity contribution in [1.29, 1.82) is 0 Å². The average molecular weight is 569 g/mol. The Morgan fingerprint density at radius 3 is 2.55 bits per heavy atom. The number of fused-ring (bicyclic) bond motifs is 9. The van der Waals surface area contributed by atoms with E-state index in [0.29, 0.717) is 66.5 Å². The van der Waals surface area contributed by atoms with E-state index in [1.54, 1.807) is 46.2 Å². The van der Waals surface area contributed by atoms with E-state index in [2.05, 4.69) is 0 Å². The molecule has 1 fully saturated rings. The molecule has 1 aromatic heterocycles. The van der Waals surface area contributed by atoms with Crippen LogP contribution in [0.25, 0.3) is 0 Å². The van der Waals surface area contributed by atoms with E-state index in [9.17, 15) is 19.2 Å². The second-order valence-electron chi connectivity index (χ2n) is 11.4. The monoisotopic (exact) mass is 568 g/mol. The number of amides is 3. The van der Waals surface area contributed by atoms with Crippen LogP contribution in [0.5, 0.6) is 11.5 Å². The number of para-hydroxylation sites is 1. The van der Waals surface area contributed by atoms with Gasteiger partial charge < -0.3 is 23.8 Å². The van der Waals surface area contributed by atoms with Crippen LogP contribution in [0.3, 0.4) is 0 Å². The Labute approximate surface area is 243 Å². The van der Waals surface area contributed by atoms with E-state index in [0.717, 1.165) is 12.1 Å². The fourth-order valence-corrected chi connectivity index (χ4v) is 7.31. The molecule has 10 heteroatoms. The number of carbonyl (C=O) groups is 3. The van der Waals surface area contributed by atoms with Crippen LogP contribution in [-0.4, -0.2) is 65.9 Å². The third-order valence-electron chi connectivity index (χ3n) is 9.11. The molecule has 4 aliphatic heterocycles. The van der Waals surface area contributed by atoms with Crippen molar-refractivity contribution in [3.8, 4) is 11.5 Å². The van der Waals surface area contributed by atoms with Crippen LogP contribution in [-0.2, 0) is 11.3 Å². The summed E-state index contributed by atoms with van der Waals surface area (Å²) < 4.78 is 12.9. The van der Waals surface area contributed by atoms with Gasteiger partial charge in [-0.15, -0.1) is 0 Å². The number of pyridine rings is 1. The van der Waals surface area contributed by atoms with Crippen molar-refractivity contribution in [1.82, 2.24) is 14.4 Å². The van der Waals surface area contributed by atoms with Crippen LogP contribution in [0.15, 0.2) is 59.4 Å². The molecule has 0 radical (unpaired) electrons. The van der Waals surface area contributed by atoms with E-state index >= 15 is 0 Å². The first-order valence-electron chi connectivity index (χ1n) is 14.4. The molecule has 2 bridgehead atoms. The van der Waals surface area contributed by atoms with Gasteiger partial charge in [-0.25, -0.2) is 0 Å². The van der Waals surface area contributed by atoms with Crippen molar-refractivity contribution in [3.63, 3.8) is 0 Å². The summed E-state index contributed by atoms with van der Waals surface area (Å²) in [6, 6.07) is 16.1. The Bertz CT molecular complexity index is 1680. The van der Waals surface area contributed by atoms with Gasteiger partial charge >= 0.3 is 0 Å². The molecule has 0 saturated carbocycles. The lowest BCUT2D eigenvalue weighted by Crippen LogP contribution is -2.50. The zero-order chi connectivity index (χ0) is 29.1. The second-order valence-corrected chi connectivity index (χ2v) is 11.4. The SMILES string of the molecule is COc1ccc2c(c1OC)C(=O)N1c3ccccc3C(=O)N(CCCC(=O)N3C[C@@H]4C[C@H](C3)c3cccc(=O)n3C4)[C@@H]21. The minimum Gasteiger partial charge on any atom is -0.493 e. The molecule has 3 aromatic rings. The van der Waals surface area contributed by atoms with Crippen LogP contribution < -0.4 is 19.9 Å². The van der Waals surface area contributed by atoms with Gasteiger partial charge in [0.2, 0.25) is 5.91 Å². The number of benzene rings is 2. The first kappa shape index (κ1) is 26.3. The number of ether oxygens (including phenoxy) is 2. The maximum atomic E-state index is 13.9. The summed E-state index contributed by atoms with van der Waals surface area (Å²) in [4.78, 5) is 58.7. The molecule has 3 atom stereocenters. The number of hydrogen-bond donors (Lipinski definition) is 0. The number of anilines is 1. The van der Waals surface area contributed by atoms with Gasteiger partial charge in [0.05, 0.1) is 31.0 Å². The number of aromatic nitrogens is 1. The molecule has 42 heavy (non-hydrogen) atoms. The van der Waals surface area contributed by atoms with Gasteiger partial charge in [0, 0.05) is 55.8 Å². The summed E-state index contributed by atoms with van der Waals surface area (Å²) in [5.41, 5.74) is 3.08. The molecule has 5 heterocycles. The van der Waals surface area contributed by atoms with Gasteiger partial charge in [-0.1, -0.05) is 24.3 Å². The highest BCUT2D eigenvalue weighted by atomic mass is 16.5. The third-order valence-corrected chi connectivity index (χ3v) is 9.11. The fraction of sp³-hybridized carbons (Fsp3) is 0.375. The number of carbonyl (C=O) groups excluding carboxylic acids is 3. The van der Waals surface area contributed by atoms with Gasteiger partial charge in [0.1, 0.15) is 6.17 Å². The van der Waals surface area contributed by atoms with E-state index in [1.165, 1.54) is 14.2 Å². The average Bonchev–Trinajstić information content (AvgIpc) is 3.30. The van der Waals surface area contributed by atoms with Crippen molar-refractivity contribution in [3.05, 3.63) is 87.3 Å². The first-order chi connectivity index (χ1) is 20.4. The molecule has 0 unspecified atom stereocenters. The Balaban J connectivity index is 1.12. The van der Waals surface area contributed by atoms with Gasteiger partial charge in [-0.2, -0.15) is 0 Å². The number of nitrogens with zero attached hydrogens (tertiary/aromatic N) is 4. The molecule has 1 saturated heterocycles. The Hall–Kier alpha value is -4.60. The lowest BCUT2D eigenvalue weighted by Gasteiger charge is -2.43. The van der Waals surface area contributed by atoms with Crippen LogP contribution >= 0.6 is 0 Å². The highest BCUT2D eigenvalue weighted by Gasteiger charge is 2.49. The topological polar surface area (TPSA) is 101 Å². The van der Waals surface area contributed by atoms with Gasteiger partial charge in [0.25, 0.3) is 17.4 Å². The normalized spacial score (nSPS) is 21.9. The predicted octanol–water partition coefficient (Wildman–Crippen LogP) is 3.41. The number of methoxy groups -OCH3 is 2. The molecule has 0 aliphatic carbocycles. The number of likely N-dealkylation sites (tertiary alicyclic amines) is 1. The maximum absolute atomic E-state index is 13.9. The zero-order valence-corrected chi connectivity index (χ0v) is 23.6. The molecule has 216 valence electrons. The van der Waals surface area contributed by atoms with Crippen molar-refractivity contribution in [2.24, 2.45) is 5.92 Å². The smallest absolute Gasteiger partial charge is 0.264 e. The lowest BCUT2D eigenvalue weighted by molar-refractivity contribution is -0.134. The quantitative estimate of drug-likeness (QED) is 0.452. The fourth-order valence-electron chi connectivity index (χ4n) is 7.31. The van der Waals surface area contributed by atoms with Gasteiger partial charge in [0.15, 0.2) is 11.5 Å². The molecule has 7 rings (SSSR count). The highest BCUT2D eigenvalue weighted by molar-refractivity contribution is 6.18. The summed E-state index contributed by atoms with van der Waals surface area (Å²) in [6.07, 6.45) is 1.07. The minimum absolute atomic E-state index is 0.0202. The third kappa shape index (κ3) is 3.92. The highest BCUT2D eigenvalue weighted by Crippen LogP contribution is 2.49. The number of hydrogen-bond acceptors (Lipinski definition) is 6. The van der Waals surface area contributed by atoms with Crippen molar-refractivity contribution in [2.75, 3.05) is 38.8 Å². The molecule has 3 amide bonds. The Morgan fingerprint density at radius 2 is 1.74 bits per heavy atom. The Kier molecular flexibility index (Phi) is 6.29. The molecule has 10 nitrogen and oxygen atoms in total. The molecule has 2 aromatic carbocycles. The van der Waals surface area contributed by atoms with Crippen LogP contribution in [0.2, 0.25) is 0 Å². The predicted molar refractivity (Wildman–Crippen MR) is 154 cm³/mol. The largest absolute Gasteiger partial charge is 0.493 e. The van der Waals surface area contributed by atoms with Gasteiger partial charge in [-0.05, 0) is 43.0 Å². The summed E-state index contributed by atoms with van der Waals surface area (Å²) in [5, 5.41) is 0. The van der Waals surface area contributed by atoms with E-state index < -0.39 is 6.17 Å². The number of piperidine rings is 1. The summed E-state index contributed by atoms with van der Waals surface area (Å²) >= 11 is 0. The van der Waals surface area contributed by atoms with Crippen molar-refractivity contribution in [2.45, 2.75) is 37.9 Å². The van der Waals surface area contributed by atoms with Crippen LogP contribution in [0.4, 0.5) is 5.69 Å². The summed E-state index contributed by atoms with van der Waals surface area (Å²) in [7, 11) is 3.02. The summed E-state index contributed by atoms with van der Waals surface area (Å²) in [5.74, 6) is 0.802. The van der Waals surface area contributed by atoms with E-state index in [1.807, 2.05) is 27.7 Å². The second kappa shape index (κ2) is 10.0. The van der Waals surface area contributed by atoms with Crippen molar-refractivity contribution < 1.29 is 23.9 Å². The van der Waals surface area contributed by atoms with Crippen LogP contribution in [0.1, 0.15) is 63.3 Å². The standard InChI is InChI=1S/C32H32N4O6/c1-41-25-13-12-22-28(29(25)42-2)32(40)36-24-8-4-3-7-21(24)31(39)34(30(22)36)14-6-11-26(37)33-16-19-15-20(18-33)23-9-5-10-27(38)35(23)17-19/h3-5,7-10,12-13,19-20,30H,6,11,14-18H2,1-2H3/t19-,20+,30+/m0/s1. The molecule has 4 aliphatic rings. The number of rotatable bonds is 6. The minimum atomic E-state index is -0.644. The molecular formula is C32H32N4O6. The molecule has 0 spiro atoms. The first-order valence-corrected chi connectivity index (χ1v) is 14.4. The van der Waals surface area contributed by atoms with E-state index in [4.69, 9.17) is 9.47 Å².